The fourth-order valence-electron chi connectivity index (χ4n) is 2.02. The molecule has 2 unspecified atom stereocenters. The van der Waals surface area contributed by atoms with Crippen molar-refractivity contribution in [1.29, 1.82) is 0 Å². The molecule has 0 saturated heterocycles. The van der Waals surface area contributed by atoms with Crippen LogP contribution in [0.4, 0.5) is 0 Å². The van der Waals surface area contributed by atoms with Gasteiger partial charge < -0.3 is 9.84 Å². The number of aliphatic hydroxyl groups is 1. The summed E-state index contributed by atoms with van der Waals surface area (Å²) in [5.41, 5.74) is -0.618. The molecule has 0 aliphatic rings. The molecule has 0 aliphatic heterocycles. The van der Waals surface area contributed by atoms with E-state index in [1.54, 1.807) is 38.4 Å². The highest BCUT2D eigenvalue weighted by Crippen LogP contribution is 2.32. The molecule has 1 N–H and O–H groups in total. The molecule has 1 aromatic heterocycles. The van der Waals surface area contributed by atoms with Gasteiger partial charge in [0.25, 0.3) is 0 Å². The molecule has 0 aliphatic carbocycles. The minimum Gasteiger partial charge on any atom is -0.466 e. The van der Waals surface area contributed by atoms with Gasteiger partial charge in [-0.25, -0.2) is 0 Å². The number of pyridine rings is 1. The summed E-state index contributed by atoms with van der Waals surface area (Å²) in [4.78, 5) is 15.9. The monoisotopic (exact) mass is 251 g/mol. The van der Waals surface area contributed by atoms with E-state index >= 15 is 0 Å². The summed E-state index contributed by atoms with van der Waals surface area (Å²) < 4.78 is 5.05. The van der Waals surface area contributed by atoms with Crippen LogP contribution in [0.2, 0.25) is 0 Å². The molecule has 0 radical (unpaired) electrons. The Labute approximate surface area is 108 Å². The standard InChI is InChI=1S/C14H21NO3/c1-4-7-12(13(16)18-5-2)14(3,17)11-8-6-9-15-10-11/h6,8-10,12,17H,4-5,7H2,1-3H3. The van der Waals surface area contributed by atoms with Crippen molar-refractivity contribution >= 4 is 5.97 Å². The van der Waals surface area contributed by atoms with E-state index in [1.165, 1.54) is 0 Å². The summed E-state index contributed by atoms with van der Waals surface area (Å²) in [6.45, 7) is 5.70. The predicted octanol–water partition coefficient (Wildman–Crippen LogP) is 2.27. The van der Waals surface area contributed by atoms with Gasteiger partial charge in [-0.05, 0) is 26.3 Å². The maximum atomic E-state index is 12.0. The first-order chi connectivity index (χ1) is 8.54. The second-order valence-electron chi connectivity index (χ2n) is 4.48. The fourth-order valence-corrected chi connectivity index (χ4v) is 2.02. The predicted molar refractivity (Wildman–Crippen MR) is 68.8 cm³/mol. The average molecular weight is 251 g/mol. The van der Waals surface area contributed by atoms with Crippen LogP contribution in [0, 0.1) is 5.92 Å². The first-order valence-electron chi connectivity index (χ1n) is 6.33. The summed E-state index contributed by atoms with van der Waals surface area (Å²) >= 11 is 0. The topological polar surface area (TPSA) is 59.4 Å². The number of aromatic nitrogens is 1. The molecule has 0 bridgehead atoms. The van der Waals surface area contributed by atoms with Gasteiger partial charge in [0.1, 0.15) is 5.60 Å². The van der Waals surface area contributed by atoms with Gasteiger partial charge in [-0.3, -0.25) is 9.78 Å². The van der Waals surface area contributed by atoms with Gasteiger partial charge >= 0.3 is 5.97 Å². The summed E-state index contributed by atoms with van der Waals surface area (Å²) in [5, 5.41) is 10.6. The maximum Gasteiger partial charge on any atom is 0.312 e. The zero-order chi connectivity index (χ0) is 13.6. The highest BCUT2D eigenvalue weighted by Gasteiger charge is 2.39. The molecule has 100 valence electrons. The highest BCUT2D eigenvalue weighted by molar-refractivity contribution is 5.74. The molecule has 18 heavy (non-hydrogen) atoms. The maximum absolute atomic E-state index is 12.0. The van der Waals surface area contributed by atoms with E-state index in [9.17, 15) is 9.90 Å². The van der Waals surface area contributed by atoms with Crippen LogP contribution in [0.25, 0.3) is 0 Å². The van der Waals surface area contributed by atoms with Gasteiger partial charge in [0.05, 0.1) is 12.5 Å². The molecule has 1 rings (SSSR count). The number of rotatable bonds is 6. The smallest absolute Gasteiger partial charge is 0.312 e. The van der Waals surface area contributed by atoms with Crippen LogP contribution >= 0.6 is 0 Å². The van der Waals surface area contributed by atoms with Gasteiger partial charge in [0, 0.05) is 18.0 Å². The Morgan fingerprint density at radius 1 is 1.56 bits per heavy atom. The summed E-state index contributed by atoms with van der Waals surface area (Å²) in [5.74, 6) is -0.917. The molecule has 0 amide bonds. The van der Waals surface area contributed by atoms with Gasteiger partial charge in [-0.1, -0.05) is 19.4 Å². The van der Waals surface area contributed by atoms with E-state index in [1.807, 2.05) is 6.92 Å². The molecule has 1 heterocycles. The summed E-state index contributed by atoms with van der Waals surface area (Å²) in [7, 11) is 0. The lowest BCUT2D eigenvalue weighted by atomic mass is 9.81. The summed E-state index contributed by atoms with van der Waals surface area (Å²) in [6, 6.07) is 3.52. The number of hydrogen-bond donors (Lipinski definition) is 1. The Balaban J connectivity index is 3.00. The molecular weight excluding hydrogens is 230 g/mol. The van der Waals surface area contributed by atoms with Crippen molar-refractivity contribution in [2.24, 2.45) is 5.92 Å². The Bertz CT molecular complexity index is 376. The zero-order valence-electron chi connectivity index (χ0n) is 11.2. The lowest BCUT2D eigenvalue weighted by Gasteiger charge is -2.31. The van der Waals surface area contributed by atoms with Crippen molar-refractivity contribution in [3.63, 3.8) is 0 Å². The zero-order valence-corrected chi connectivity index (χ0v) is 11.2. The number of hydrogen-bond acceptors (Lipinski definition) is 4. The molecule has 0 saturated carbocycles. The lowest BCUT2D eigenvalue weighted by Crippen LogP contribution is -2.38. The molecule has 0 aromatic carbocycles. The van der Waals surface area contributed by atoms with Crippen LogP contribution in [-0.4, -0.2) is 22.7 Å². The number of carbonyl (C=O) groups excluding carboxylic acids is 1. The summed E-state index contributed by atoms with van der Waals surface area (Å²) in [6.07, 6.45) is 4.61. The van der Waals surface area contributed by atoms with Gasteiger partial charge in [0.2, 0.25) is 0 Å². The van der Waals surface area contributed by atoms with E-state index < -0.39 is 11.5 Å². The SMILES string of the molecule is CCCC(C(=O)OCC)C(C)(O)c1cccnc1. The number of carbonyl (C=O) groups is 1. The fraction of sp³-hybridized carbons (Fsp3) is 0.571. The van der Waals surface area contributed by atoms with E-state index in [2.05, 4.69) is 4.98 Å². The van der Waals surface area contributed by atoms with Crippen molar-refractivity contribution in [2.75, 3.05) is 6.61 Å². The Hall–Kier alpha value is -1.42. The molecule has 1 aromatic rings. The molecule has 2 atom stereocenters. The number of nitrogens with zero attached hydrogens (tertiary/aromatic N) is 1. The minimum absolute atomic E-state index is 0.322. The first kappa shape index (κ1) is 14.6. The number of esters is 1. The van der Waals surface area contributed by atoms with Crippen LogP contribution in [0.15, 0.2) is 24.5 Å². The second kappa shape index (κ2) is 6.50. The third-order valence-electron chi connectivity index (χ3n) is 3.07. The van der Waals surface area contributed by atoms with Crippen molar-refractivity contribution in [3.8, 4) is 0 Å². The van der Waals surface area contributed by atoms with Crippen molar-refractivity contribution in [3.05, 3.63) is 30.1 Å². The number of ether oxygens (including phenoxy) is 1. The van der Waals surface area contributed by atoms with Crippen LogP contribution in [0.1, 0.15) is 39.2 Å². The van der Waals surface area contributed by atoms with Gasteiger partial charge in [-0.2, -0.15) is 0 Å². The lowest BCUT2D eigenvalue weighted by molar-refractivity contribution is -0.158. The Morgan fingerprint density at radius 2 is 2.28 bits per heavy atom. The van der Waals surface area contributed by atoms with E-state index in [0.717, 1.165) is 6.42 Å². The average Bonchev–Trinajstić information content (AvgIpc) is 2.37. The van der Waals surface area contributed by atoms with Crippen LogP contribution in [0.3, 0.4) is 0 Å². The normalized spacial score (nSPS) is 15.8. The molecular formula is C14H21NO3. The third kappa shape index (κ3) is 3.29. The minimum atomic E-state index is -1.25. The molecule has 4 heteroatoms. The van der Waals surface area contributed by atoms with Crippen molar-refractivity contribution < 1.29 is 14.6 Å². The largest absolute Gasteiger partial charge is 0.466 e. The highest BCUT2D eigenvalue weighted by atomic mass is 16.5. The van der Waals surface area contributed by atoms with E-state index in [4.69, 9.17) is 4.74 Å². The second-order valence-corrected chi connectivity index (χ2v) is 4.48. The molecule has 4 nitrogen and oxygen atoms in total. The third-order valence-corrected chi connectivity index (χ3v) is 3.07. The van der Waals surface area contributed by atoms with Crippen LogP contribution in [0.5, 0.6) is 0 Å². The Kier molecular flexibility index (Phi) is 5.28. The first-order valence-corrected chi connectivity index (χ1v) is 6.33. The van der Waals surface area contributed by atoms with E-state index in [0.29, 0.717) is 18.6 Å². The van der Waals surface area contributed by atoms with Gasteiger partial charge in [-0.15, -0.1) is 0 Å². The molecule has 0 fully saturated rings. The van der Waals surface area contributed by atoms with E-state index in [-0.39, 0.29) is 5.97 Å². The molecule has 0 spiro atoms. The van der Waals surface area contributed by atoms with Crippen molar-refractivity contribution in [2.45, 2.75) is 39.2 Å². The van der Waals surface area contributed by atoms with Crippen molar-refractivity contribution in [1.82, 2.24) is 4.98 Å². The van der Waals surface area contributed by atoms with Gasteiger partial charge in [0.15, 0.2) is 0 Å². The Morgan fingerprint density at radius 3 is 2.78 bits per heavy atom. The van der Waals surface area contributed by atoms with Crippen LogP contribution in [-0.2, 0) is 15.1 Å². The van der Waals surface area contributed by atoms with Crippen LogP contribution < -0.4 is 0 Å². The quantitative estimate of drug-likeness (QED) is 0.788.